The van der Waals surface area contributed by atoms with Crippen LogP contribution in [0.5, 0.6) is 11.5 Å². The Balaban J connectivity index is 1.53. The van der Waals surface area contributed by atoms with E-state index in [2.05, 4.69) is 14.8 Å². The quantitative estimate of drug-likeness (QED) is 0.384. The number of nitrogens with zero attached hydrogens (tertiary/aromatic N) is 1. The molecule has 1 unspecified atom stereocenters. The van der Waals surface area contributed by atoms with E-state index in [1.165, 1.54) is 48.5 Å². The molecule has 0 aromatic heterocycles. The summed E-state index contributed by atoms with van der Waals surface area (Å²) >= 11 is 0. The first-order chi connectivity index (χ1) is 16.1. The van der Waals surface area contributed by atoms with Gasteiger partial charge in [0.05, 0.1) is 12.6 Å². The van der Waals surface area contributed by atoms with Gasteiger partial charge in [0.1, 0.15) is 11.5 Å². The van der Waals surface area contributed by atoms with Crippen LogP contribution >= 0.6 is 0 Å². The summed E-state index contributed by atoms with van der Waals surface area (Å²) in [7, 11) is 0. The Morgan fingerprint density at radius 1 is 0.706 bits per heavy atom. The van der Waals surface area contributed by atoms with Crippen molar-refractivity contribution in [1.82, 2.24) is 0 Å². The van der Waals surface area contributed by atoms with E-state index >= 15 is 0 Å². The third-order valence-corrected chi connectivity index (χ3v) is 4.97. The molecule has 3 aromatic carbocycles. The molecule has 0 radical (unpaired) electrons. The normalized spacial score (nSPS) is 16.2. The summed E-state index contributed by atoms with van der Waals surface area (Å²) < 4.78 is 82.4. The lowest BCUT2D eigenvalue weighted by Gasteiger charge is -2.27. The second-order valence-corrected chi connectivity index (χ2v) is 7.41. The highest BCUT2D eigenvalue weighted by molar-refractivity contribution is 5.60. The van der Waals surface area contributed by atoms with Crippen LogP contribution in [0.1, 0.15) is 11.6 Å². The number of anilines is 2. The van der Waals surface area contributed by atoms with E-state index < -0.39 is 12.7 Å². The van der Waals surface area contributed by atoms with E-state index in [9.17, 15) is 26.3 Å². The molecule has 1 aliphatic rings. The highest BCUT2D eigenvalue weighted by Gasteiger charge is 2.32. The van der Waals surface area contributed by atoms with Crippen molar-refractivity contribution in [3.63, 3.8) is 0 Å². The topological polar surface area (TPSA) is 33.7 Å². The molecule has 0 bridgehead atoms. The Hall–Kier alpha value is -3.82. The monoisotopic (exact) mass is 480 g/mol. The molecule has 3 aromatic rings. The van der Waals surface area contributed by atoms with Gasteiger partial charge < -0.3 is 19.7 Å². The Morgan fingerprint density at radius 2 is 1.24 bits per heavy atom. The largest absolute Gasteiger partial charge is 0.573 e. The van der Waals surface area contributed by atoms with Crippen LogP contribution in [0.4, 0.5) is 37.7 Å². The number of nitrogens with one attached hydrogen (secondary N) is 1. The number of ether oxygens (including phenoxy) is 2. The van der Waals surface area contributed by atoms with Gasteiger partial charge in [0.15, 0.2) is 0 Å². The van der Waals surface area contributed by atoms with E-state index in [0.29, 0.717) is 17.9 Å². The van der Waals surface area contributed by atoms with Gasteiger partial charge in [-0.05, 0) is 60.2 Å². The Kier molecular flexibility index (Phi) is 6.32. The second kappa shape index (κ2) is 9.20. The summed E-state index contributed by atoms with van der Waals surface area (Å²) in [6.07, 6.45) is -7.59. The molecule has 178 valence electrons. The average molecular weight is 480 g/mol. The van der Waals surface area contributed by atoms with E-state index in [1.54, 1.807) is 0 Å². The molecule has 1 aliphatic heterocycles. The van der Waals surface area contributed by atoms with Crippen LogP contribution in [-0.4, -0.2) is 19.3 Å². The first kappa shape index (κ1) is 23.3. The van der Waals surface area contributed by atoms with Gasteiger partial charge in [0.2, 0.25) is 0 Å². The zero-order valence-electron chi connectivity index (χ0n) is 17.4. The van der Waals surface area contributed by atoms with Gasteiger partial charge in [-0.25, -0.2) is 0 Å². The molecule has 1 atom stereocenters. The predicted molar refractivity (Wildman–Crippen MR) is 114 cm³/mol. The van der Waals surface area contributed by atoms with Gasteiger partial charge in [0.25, 0.3) is 0 Å². The van der Waals surface area contributed by atoms with Crippen molar-refractivity contribution in [2.75, 3.05) is 16.8 Å². The average Bonchev–Trinajstić information content (AvgIpc) is 3.18. The van der Waals surface area contributed by atoms with Gasteiger partial charge in [0, 0.05) is 17.1 Å². The zero-order chi connectivity index (χ0) is 24.3. The molecule has 4 nitrogen and oxygen atoms in total. The Morgan fingerprint density at radius 3 is 1.76 bits per heavy atom. The summed E-state index contributed by atoms with van der Waals surface area (Å²) in [5.41, 5.74) is 2.96. The summed E-state index contributed by atoms with van der Waals surface area (Å²) in [4.78, 5) is 1.98. The number of rotatable bonds is 6. The summed E-state index contributed by atoms with van der Waals surface area (Å²) in [5, 5.41) is 3.18. The molecule has 4 rings (SSSR count). The minimum Gasteiger partial charge on any atom is -0.406 e. The van der Waals surface area contributed by atoms with Crippen molar-refractivity contribution >= 4 is 11.4 Å². The maximum atomic E-state index is 12.5. The van der Waals surface area contributed by atoms with Crippen LogP contribution in [-0.2, 0) is 0 Å². The third kappa shape index (κ3) is 6.15. The first-order valence-electron chi connectivity index (χ1n) is 10.1. The number of hydrogen-bond acceptors (Lipinski definition) is 4. The Bertz CT molecular complexity index is 1130. The molecule has 0 spiro atoms. The summed E-state index contributed by atoms with van der Waals surface area (Å²) in [6.45, 7) is 0.389. The lowest BCUT2D eigenvalue weighted by atomic mass is 10.1. The highest BCUT2D eigenvalue weighted by Crippen LogP contribution is 2.36. The van der Waals surface area contributed by atoms with Crippen molar-refractivity contribution in [2.24, 2.45) is 0 Å². The van der Waals surface area contributed by atoms with E-state index in [-0.39, 0.29) is 17.5 Å². The summed E-state index contributed by atoms with van der Waals surface area (Å²) in [6, 6.07) is 20.2. The van der Waals surface area contributed by atoms with Gasteiger partial charge >= 0.3 is 12.7 Å². The molecule has 0 saturated heterocycles. The zero-order valence-corrected chi connectivity index (χ0v) is 17.4. The molecule has 0 saturated carbocycles. The third-order valence-electron chi connectivity index (χ3n) is 4.97. The van der Waals surface area contributed by atoms with Crippen LogP contribution < -0.4 is 19.7 Å². The van der Waals surface area contributed by atoms with Crippen molar-refractivity contribution in [3.8, 4) is 11.5 Å². The SMILES string of the molecule is FC(F)(F)Oc1ccc(NC2=CC(c3ccccc3)N(c3ccc(OC(F)(F)F)cc3)C2)cc1. The molecule has 1 heterocycles. The minimum atomic E-state index is -4.78. The maximum Gasteiger partial charge on any atom is 0.573 e. The molecule has 34 heavy (non-hydrogen) atoms. The number of alkyl halides is 6. The van der Waals surface area contributed by atoms with Crippen molar-refractivity contribution in [1.29, 1.82) is 0 Å². The van der Waals surface area contributed by atoms with E-state index in [4.69, 9.17) is 0 Å². The number of halogens is 6. The molecule has 10 heteroatoms. The fourth-order valence-corrected chi connectivity index (χ4v) is 3.64. The van der Waals surface area contributed by atoms with E-state index in [0.717, 1.165) is 11.3 Å². The van der Waals surface area contributed by atoms with Gasteiger partial charge in [-0.1, -0.05) is 30.3 Å². The summed E-state index contributed by atoms with van der Waals surface area (Å²) in [5.74, 6) is -0.650. The number of benzene rings is 3. The molecule has 0 amide bonds. The van der Waals surface area contributed by atoms with Gasteiger partial charge in [-0.3, -0.25) is 0 Å². The molecular formula is C24H18F6N2O2. The first-order valence-corrected chi connectivity index (χ1v) is 10.1. The minimum absolute atomic E-state index is 0.217. The smallest absolute Gasteiger partial charge is 0.406 e. The highest BCUT2D eigenvalue weighted by atomic mass is 19.4. The fourth-order valence-electron chi connectivity index (χ4n) is 3.64. The van der Waals surface area contributed by atoms with Crippen molar-refractivity contribution in [3.05, 3.63) is 96.2 Å². The van der Waals surface area contributed by atoms with Gasteiger partial charge in [-0.15, -0.1) is 26.3 Å². The van der Waals surface area contributed by atoms with Crippen molar-refractivity contribution < 1.29 is 35.8 Å². The van der Waals surface area contributed by atoms with Crippen LogP contribution in [0.25, 0.3) is 0 Å². The standard InChI is InChI=1S/C24H18F6N2O2/c25-23(26,27)33-20-10-6-17(7-11-20)31-18-14-22(16-4-2-1-3-5-16)32(15-18)19-8-12-21(13-9-19)34-24(28,29)30/h1-14,22,31H,15H2. The lowest BCUT2D eigenvalue weighted by molar-refractivity contribution is -0.275. The molecule has 0 aliphatic carbocycles. The lowest BCUT2D eigenvalue weighted by Crippen LogP contribution is -2.25. The van der Waals surface area contributed by atoms with Crippen LogP contribution in [0.3, 0.4) is 0 Å². The number of hydrogen-bond donors (Lipinski definition) is 1. The molecular weight excluding hydrogens is 462 g/mol. The van der Waals surface area contributed by atoms with Crippen molar-refractivity contribution in [2.45, 2.75) is 18.8 Å². The van der Waals surface area contributed by atoms with Crippen LogP contribution in [0.15, 0.2) is 90.6 Å². The maximum absolute atomic E-state index is 12.5. The second-order valence-electron chi connectivity index (χ2n) is 7.41. The van der Waals surface area contributed by atoms with Crippen LogP contribution in [0.2, 0.25) is 0 Å². The fraction of sp³-hybridized carbons (Fsp3) is 0.167. The molecule has 0 fully saturated rings. The van der Waals surface area contributed by atoms with E-state index in [1.807, 2.05) is 41.3 Å². The predicted octanol–water partition coefficient (Wildman–Crippen LogP) is 7.04. The van der Waals surface area contributed by atoms with Gasteiger partial charge in [-0.2, -0.15) is 0 Å². The Labute approximate surface area is 191 Å². The van der Waals surface area contributed by atoms with Crippen LogP contribution in [0, 0.1) is 0 Å². The molecule has 1 N–H and O–H groups in total.